The molecule has 4 rings (SSSR count). The first-order chi connectivity index (χ1) is 18.4. The molecular weight excluding hydrogens is 479 g/mol. The molecule has 2 N–H and O–H groups in total. The van der Waals surface area contributed by atoms with Gasteiger partial charge in [-0.1, -0.05) is 19.8 Å². The molecule has 0 bridgehead atoms. The summed E-state index contributed by atoms with van der Waals surface area (Å²) in [6, 6.07) is 6.40. The molecule has 2 aliphatic rings. The van der Waals surface area contributed by atoms with Crippen molar-refractivity contribution in [2.24, 2.45) is 5.41 Å². The lowest BCUT2D eigenvalue weighted by Crippen LogP contribution is -2.30. The number of H-pyrrole nitrogens is 1. The molecule has 1 spiro atoms. The van der Waals surface area contributed by atoms with Gasteiger partial charge in [0.05, 0.1) is 11.9 Å². The van der Waals surface area contributed by atoms with Crippen molar-refractivity contribution >= 4 is 12.6 Å². The molecule has 1 aliphatic carbocycles. The number of carbonyl (C=O) groups is 2. The molecule has 0 unspecified atom stereocenters. The first-order valence-electron chi connectivity index (χ1n) is 13.6. The van der Waals surface area contributed by atoms with E-state index in [0.29, 0.717) is 18.6 Å². The molecule has 1 saturated heterocycles. The van der Waals surface area contributed by atoms with Gasteiger partial charge in [0.25, 0.3) is 0 Å². The number of aromatic amines is 1. The third kappa shape index (κ3) is 14.8. The van der Waals surface area contributed by atoms with Crippen LogP contribution in [0, 0.1) is 24.1 Å². The fourth-order valence-electron chi connectivity index (χ4n) is 4.18. The summed E-state index contributed by atoms with van der Waals surface area (Å²) < 4.78 is 12.9. The Kier molecular flexibility index (Phi) is 19.6. The van der Waals surface area contributed by atoms with E-state index in [2.05, 4.69) is 40.1 Å². The lowest BCUT2D eigenvalue weighted by Gasteiger charge is -2.28. The topological polar surface area (TPSA) is 78.1 Å². The van der Waals surface area contributed by atoms with Gasteiger partial charge < -0.3 is 20.0 Å². The van der Waals surface area contributed by atoms with E-state index in [4.69, 9.17) is 4.79 Å². The van der Waals surface area contributed by atoms with Crippen LogP contribution < -0.4 is 5.32 Å². The summed E-state index contributed by atoms with van der Waals surface area (Å²) in [4.78, 5) is 29.3. The number of likely N-dealkylation sites (tertiary alicyclic amines) is 1. The number of piperidine rings is 1. The molecule has 1 aromatic heterocycles. The van der Waals surface area contributed by atoms with Gasteiger partial charge in [-0.15, -0.1) is 12.8 Å². The first kappa shape index (κ1) is 35.2. The molecule has 212 valence electrons. The number of imidazole rings is 1. The van der Waals surface area contributed by atoms with Crippen molar-refractivity contribution in [1.29, 1.82) is 0 Å². The number of aromatic nitrogens is 2. The summed E-state index contributed by atoms with van der Waals surface area (Å²) in [5, 5.41) is 2.75. The van der Waals surface area contributed by atoms with Gasteiger partial charge in [-0.3, -0.25) is 4.79 Å². The minimum Gasteiger partial charge on any atom is -0.342 e. The largest absolute Gasteiger partial charge is 0.342 e. The summed E-state index contributed by atoms with van der Waals surface area (Å²) in [7, 11) is 5.98. The number of ketones is 1. The van der Waals surface area contributed by atoms with Crippen LogP contribution in [0.1, 0.15) is 77.0 Å². The van der Waals surface area contributed by atoms with Gasteiger partial charge in [-0.2, -0.15) is 0 Å². The van der Waals surface area contributed by atoms with Crippen LogP contribution in [-0.2, 0) is 16.0 Å². The zero-order chi connectivity index (χ0) is 28.8. The van der Waals surface area contributed by atoms with Crippen molar-refractivity contribution in [2.45, 2.75) is 77.6 Å². The van der Waals surface area contributed by atoms with Crippen molar-refractivity contribution < 1.29 is 14.0 Å². The number of unbranched alkanes of at least 4 members (excludes halogenated alkanes) is 3. The maximum absolute atomic E-state index is 12.9. The van der Waals surface area contributed by atoms with Crippen molar-refractivity contribution in [2.75, 3.05) is 34.2 Å². The molecule has 0 radical (unpaired) electrons. The maximum Gasteiger partial charge on any atom is 0.132 e. The summed E-state index contributed by atoms with van der Waals surface area (Å²) in [6.45, 7) is 6.61. The van der Waals surface area contributed by atoms with E-state index >= 15 is 0 Å². The fraction of sp³-hybridized carbons (Fsp3) is 0.581. The number of aryl methyl sites for hydroxylation is 1. The van der Waals surface area contributed by atoms with E-state index in [1.807, 2.05) is 27.8 Å². The van der Waals surface area contributed by atoms with Gasteiger partial charge in [0.1, 0.15) is 24.2 Å². The molecule has 7 heteroatoms. The number of rotatable bonds is 9. The van der Waals surface area contributed by atoms with Crippen LogP contribution in [0.15, 0.2) is 30.5 Å². The Hall–Kier alpha value is -2.82. The second-order valence-electron chi connectivity index (χ2n) is 9.86. The van der Waals surface area contributed by atoms with Gasteiger partial charge in [0, 0.05) is 19.3 Å². The highest BCUT2D eigenvalue weighted by Gasteiger charge is 2.43. The number of terminal acetylenes is 1. The number of halogens is 1. The quantitative estimate of drug-likeness (QED) is 0.305. The number of hydrogen-bond acceptors (Lipinski definition) is 5. The van der Waals surface area contributed by atoms with Crippen molar-refractivity contribution in [3.8, 4) is 24.1 Å². The highest BCUT2D eigenvalue weighted by molar-refractivity contribution is 5.77. The van der Waals surface area contributed by atoms with Crippen molar-refractivity contribution in [3.05, 3.63) is 42.1 Å². The summed E-state index contributed by atoms with van der Waals surface area (Å²) in [6.07, 6.45) is 22.3. The van der Waals surface area contributed by atoms with E-state index < -0.39 is 0 Å². The molecule has 0 atom stereocenters. The number of nitrogens with one attached hydrogen (secondary N) is 2. The van der Waals surface area contributed by atoms with E-state index in [1.165, 1.54) is 50.9 Å². The molecule has 2 fully saturated rings. The number of hydrogen-bond donors (Lipinski definition) is 2. The normalized spacial score (nSPS) is 14.7. The number of Topliss-reactive ketones (excluding diaryl/α,β-unsaturated/α-hetero) is 1. The third-order valence-corrected chi connectivity index (χ3v) is 6.80. The predicted molar refractivity (Wildman–Crippen MR) is 156 cm³/mol. The standard InChI is InChI=1S/C18H23FN2O.C8H15N.C2H7N.C2H2.CH2O/c1-2-16(22)7-5-3-4-6-8-18-20-13-17(21-18)14-9-11-15(19)12-10-14;1-9-6-4-8(2-3-8)5-7-9;1-3-2;2*1-2/h9-13H,2-8H2,1H3,(H,20,21);2-7H2,1H3;3H,1-2H3;1-2H;1H2. The van der Waals surface area contributed by atoms with Gasteiger partial charge in [-0.05, 0) is 108 Å². The predicted octanol–water partition coefficient (Wildman–Crippen LogP) is 6.08. The van der Waals surface area contributed by atoms with Crippen LogP contribution in [0.3, 0.4) is 0 Å². The monoisotopic (exact) mass is 528 g/mol. The SMILES string of the molecule is C#C.C=O.CCC(=O)CCCCCCc1ncc(-c2ccc(F)cc2)[nH]1.CN1CCC2(CC1)CC2.CNC. The van der Waals surface area contributed by atoms with E-state index in [-0.39, 0.29) is 5.82 Å². The Bertz CT molecular complexity index is 881. The minimum absolute atomic E-state index is 0.231. The van der Waals surface area contributed by atoms with Crippen LogP contribution in [0.5, 0.6) is 0 Å². The highest BCUT2D eigenvalue weighted by Crippen LogP contribution is 2.53. The smallest absolute Gasteiger partial charge is 0.132 e. The average Bonchev–Trinajstić information content (AvgIpc) is 3.55. The second-order valence-corrected chi connectivity index (χ2v) is 9.86. The van der Waals surface area contributed by atoms with E-state index in [1.54, 1.807) is 18.3 Å². The van der Waals surface area contributed by atoms with Gasteiger partial charge in [0.2, 0.25) is 0 Å². The fourth-order valence-corrected chi connectivity index (χ4v) is 4.18. The molecule has 2 aromatic rings. The second kappa shape index (κ2) is 21.2. The highest BCUT2D eigenvalue weighted by atomic mass is 19.1. The molecule has 2 heterocycles. The molecule has 6 nitrogen and oxygen atoms in total. The van der Waals surface area contributed by atoms with Crippen LogP contribution >= 0.6 is 0 Å². The third-order valence-electron chi connectivity index (χ3n) is 6.80. The molecule has 1 saturated carbocycles. The van der Waals surface area contributed by atoms with Crippen molar-refractivity contribution in [1.82, 2.24) is 20.2 Å². The van der Waals surface area contributed by atoms with Crippen LogP contribution in [0.2, 0.25) is 0 Å². The number of benzene rings is 1. The molecule has 0 amide bonds. The Morgan fingerprint density at radius 1 is 1.05 bits per heavy atom. The first-order valence-corrected chi connectivity index (χ1v) is 13.6. The minimum atomic E-state index is -0.231. The molecular formula is C31H49FN4O2. The van der Waals surface area contributed by atoms with E-state index in [0.717, 1.165) is 54.6 Å². The van der Waals surface area contributed by atoms with Crippen LogP contribution in [-0.4, -0.2) is 61.7 Å². The Morgan fingerprint density at radius 3 is 2.13 bits per heavy atom. The van der Waals surface area contributed by atoms with Crippen LogP contribution in [0.4, 0.5) is 4.39 Å². The van der Waals surface area contributed by atoms with Gasteiger partial charge >= 0.3 is 0 Å². The van der Waals surface area contributed by atoms with Crippen molar-refractivity contribution in [3.63, 3.8) is 0 Å². The Balaban J connectivity index is 0.000000701. The molecule has 1 aromatic carbocycles. The average molecular weight is 529 g/mol. The summed E-state index contributed by atoms with van der Waals surface area (Å²) in [5.41, 5.74) is 2.73. The summed E-state index contributed by atoms with van der Waals surface area (Å²) in [5.74, 6) is 1.09. The Labute approximate surface area is 230 Å². The van der Waals surface area contributed by atoms with E-state index in [9.17, 15) is 9.18 Å². The Morgan fingerprint density at radius 2 is 1.61 bits per heavy atom. The lowest BCUT2D eigenvalue weighted by molar-refractivity contribution is -0.118. The lowest BCUT2D eigenvalue weighted by atomic mass is 9.94. The maximum atomic E-state index is 12.9. The van der Waals surface area contributed by atoms with Gasteiger partial charge in [-0.25, -0.2) is 9.37 Å². The zero-order valence-electron chi connectivity index (χ0n) is 24.0. The number of carbonyl (C=O) groups excluding carboxylic acids is 2. The molecule has 1 aliphatic heterocycles. The zero-order valence-corrected chi connectivity index (χ0v) is 24.0. The summed E-state index contributed by atoms with van der Waals surface area (Å²) >= 11 is 0. The van der Waals surface area contributed by atoms with Crippen LogP contribution in [0.25, 0.3) is 11.3 Å². The van der Waals surface area contributed by atoms with Gasteiger partial charge in [0.15, 0.2) is 0 Å². The molecule has 38 heavy (non-hydrogen) atoms. The number of nitrogens with zero attached hydrogens (tertiary/aromatic N) is 2.